The van der Waals surface area contributed by atoms with Crippen LogP contribution in [0.5, 0.6) is 0 Å². The molecule has 0 aromatic heterocycles. The van der Waals surface area contributed by atoms with Crippen molar-refractivity contribution < 1.29 is 9.90 Å². The number of nitrogens with one attached hydrogen (secondary N) is 1. The summed E-state index contributed by atoms with van der Waals surface area (Å²) in [6.45, 7) is 2.02. The molecule has 0 bridgehead atoms. The average Bonchev–Trinajstić information content (AvgIpc) is 2.82. The van der Waals surface area contributed by atoms with E-state index in [0.29, 0.717) is 6.54 Å². The van der Waals surface area contributed by atoms with Crippen LogP contribution < -0.4 is 5.32 Å². The molecule has 0 radical (unpaired) electrons. The van der Waals surface area contributed by atoms with Crippen molar-refractivity contribution in [2.24, 2.45) is 5.92 Å². The number of hydrogen-bond donors (Lipinski definition) is 2. The van der Waals surface area contributed by atoms with Gasteiger partial charge in [0, 0.05) is 0 Å². The second-order valence-corrected chi connectivity index (χ2v) is 3.34. The Morgan fingerprint density at radius 2 is 2.42 bits per heavy atom. The Morgan fingerprint density at radius 1 is 1.83 bits per heavy atom. The third kappa shape index (κ3) is 1.59. The molecule has 1 fully saturated rings. The first-order chi connectivity index (χ1) is 5.61. The van der Waals surface area contributed by atoms with Gasteiger partial charge in [-0.1, -0.05) is 5.92 Å². The first-order valence-corrected chi connectivity index (χ1v) is 4.03. The van der Waals surface area contributed by atoms with E-state index in [-0.39, 0.29) is 5.92 Å². The minimum atomic E-state index is -0.813. The molecule has 66 valence electrons. The van der Waals surface area contributed by atoms with Crippen molar-refractivity contribution in [2.75, 3.05) is 6.54 Å². The Bertz CT molecular complexity index is 227. The lowest BCUT2D eigenvalue weighted by atomic mass is 9.96. The van der Waals surface area contributed by atoms with E-state index in [4.69, 9.17) is 11.5 Å². The summed E-state index contributed by atoms with van der Waals surface area (Å²) < 4.78 is 0. The molecule has 0 aromatic rings. The maximum absolute atomic E-state index is 10.9. The zero-order valence-corrected chi connectivity index (χ0v) is 7.13. The van der Waals surface area contributed by atoms with Gasteiger partial charge >= 0.3 is 5.97 Å². The Kier molecular flexibility index (Phi) is 2.39. The Balaban J connectivity index is 2.59. The molecule has 0 amide bonds. The SMILES string of the molecule is C#CCNC(C)(C(=O)O)C1CC1. The van der Waals surface area contributed by atoms with E-state index in [0.717, 1.165) is 12.8 Å². The van der Waals surface area contributed by atoms with Gasteiger partial charge in [-0.2, -0.15) is 0 Å². The van der Waals surface area contributed by atoms with E-state index in [2.05, 4.69) is 11.2 Å². The normalized spacial score (nSPS) is 21.0. The van der Waals surface area contributed by atoms with Crippen molar-refractivity contribution in [1.82, 2.24) is 5.32 Å². The molecule has 3 nitrogen and oxygen atoms in total. The zero-order chi connectivity index (χ0) is 9.19. The van der Waals surface area contributed by atoms with Gasteiger partial charge in [-0.25, -0.2) is 0 Å². The predicted octanol–water partition coefficient (Wildman–Crippen LogP) is 0.462. The molecule has 0 heterocycles. The van der Waals surface area contributed by atoms with Gasteiger partial charge in [0.15, 0.2) is 0 Å². The summed E-state index contributed by atoms with van der Waals surface area (Å²) in [5, 5.41) is 11.8. The molecule has 1 rings (SSSR count). The minimum Gasteiger partial charge on any atom is -0.480 e. The van der Waals surface area contributed by atoms with Crippen molar-refractivity contribution >= 4 is 5.97 Å². The van der Waals surface area contributed by atoms with Crippen LogP contribution in [0.3, 0.4) is 0 Å². The number of carboxylic acid groups (broad SMARTS) is 1. The van der Waals surface area contributed by atoms with Crippen LogP contribution in [0.4, 0.5) is 0 Å². The maximum Gasteiger partial charge on any atom is 0.323 e. The summed E-state index contributed by atoms with van der Waals surface area (Å²) in [5.41, 5.74) is -0.813. The molecule has 0 saturated heterocycles. The molecule has 1 unspecified atom stereocenters. The second-order valence-electron chi connectivity index (χ2n) is 3.34. The van der Waals surface area contributed by atoms with Gasteiger partial charge in [0.2, 0.25) is 0 Å². The lowest BCUT2D eigenvalue weighted by Crippen LogP contribution is -2.51. The highest BCUT2D eigenvalue weighted by molar-refractivity contribution is 5.79. The molecule has 1 atom stereocenters. The number of hydrogen-bond acceptors (Lipinski definition) is 2. The van der Waals surface area contributed by atoms with Gasteiger partial charge in [-0.3, -0.25) is 10.1 Å². The van der Waals surface area contributed by atoms with Crippen molar-refractivity contribution in [3.8, 4) is 12.3 Å². The van der Waals surface area contributed by atoms with E-state index in [1.54, 1.807) is 6.92 Å². The van der Waals surface area contributed by atoms with Crippen LogP contribution in [0.1, 0.15) is 19.8 Å². The fraction of sp³-hybridized carbons (Fsp3) is 0.667. The van der Waals surface area contributed by atoms with Crippen LogP contribution in [0.15, 0.2) is 0 Å². The summed E-state index contributed by atoms with van der Waals surface area (Å²) >= 11 is 0. The molecule has 0 spiro atoms. The van der Waals surface area contributed by atoms with E-state index < -0.39 is 11.5 Å². The highest BCUT2D eigenvalue weighted by Crippen LogP contribution is 2.39. The second kappa shape index (κ2) is 3.16. The molecule has 2 N–H and O–H groups in total. The van der Waals surface area contributed by atoms with Crippen LogP contribution in [-0.2, 0) is 4.79 Å². The Hall–Kier alpha value is -1.01. The topological polar surface area (TPSA) is 49.3 Å². The molecule has 0 aliphatic heterocycles. The van der Waals surface area contributed by atoms with Crippen molar-refractivity contribution in [2.45, 2.75) is 25.3 Å². The molecule has 12 heavy (non-hydrogen) atoms. The van der Waals surface area contributed by atoms with E-state index in [1.807, 2.05) is 0 Å². The molecule has 0 aromatic carbocycles. The third-order valence-corrected chi connectivity index (χ3v) is 2.40. The molecule has 3 heteroatoms. The average molecular weight is 167 g/mol. The van der Waals surface area contributed by atoms with Gasteiger partial charge < -0.3 is 5.11 Å². The van der Waals surface area contributed by atoms with Crippen LogP contribution in [0.25, 0.3) is 0 Å². The Labute approximate surface area is 72.2 Å². The summed E-state index contributed by atoms with van der Waals surface area (Å²) in [6, 6.07) is 0. The van der Waals surface area contributed by atoms with Crippen molar-refractivity contribution in [3.05, 3.63) is 0 Å². The summed E-state index contributed by atoms with van der Waals surface area (Å²) in [7, 11) is 0. The number of carboxylic acids is 1. The highest BCUT2D eigenvalue weighted by atomic mass is 16.4. The third-order valence-electron chi connectivity index (χ3n) is 2.40. The molecule has 1 aliphatic carbocycles. The number of aliphatic carboxylic acids is 1. The van der Waals surface area contributed by atoms with Gasteiger partial charge in [-0.05, 0) is 25.7 Å². The fourth-order valence-electron chi connectivity index (χ4n) is 1.29. The molecular formula is C9H13NO2. The van der Waals surface area contributed by atoms with E-state index >= 15 is 0 Å². The predicted molar refractivity (Wildman–Crippen MR) is 45.6 cm³/mol. The fourth-order valence-corrected chi connectivity index (χ4v) is 1.29. The van der Waals surface area contributed by atoms with Gasteiger partial charge in [0.1, 0.15) is 5.54 Å². The summed E-state index contributed by atoms with van der Waals surface area (Å²) in [4.78, 5) is 10.9. The summed E-state index contributed by atoms with van der Waals surface area (Å²) in [5.74, 6) is 1.83. The molecule has 1 aliphatic rings. The summed E-state index contributed by atoms with van der Waals surface area (Å²) in [6.07, 6.45) is 7.02. The van der Waals surface area contributed by atoms with Crippen LogP contribution in [-0.4, -0.2) is 23.2 Å². The van der Waals surface area contributed by atoms with Crippen LogP contribution in [0.2, 0.25) is 0 Å². The van der Waals surface area contributed by atoms with E-state index in [1.165, 1.54) is 0 Å². The lowest BCUT2D eigenvalue weighted by molar-refractivity contribution is -0.145. The first-order valence-electron chi connectivity index (χ1n) is 4.03. The standard InChI is InChI=1S/C9H13NO2/c1-3-6-10-9(2,8(11)12)7-4-5-7/h1,7,10H,4-6H2,2H3,(H,11,12). The smallest absolute Gasteiger partial charge is 0.323 e. The Morgan fingerprint density at radius 3 is 2.75 bits per heavy atom. The van der Waals surface area contributed by atoms with E-state index in [9.17, 15) is 4.79 Å². The minimum absolute atomic E-state index is 0.253. The maximum atomic E-state index is 10.9. The lowest BCUT2D eigenvalue weighted by Gasteiger charge is -2.24. The van der Waals surface area contributed by atoms with Gasteiger partial charge in [-0.15, -0.1) is 6.42 Å². The quantitative estimate of drug-likeness (QED) is 0.598. The van der Waals surface area contributed by atoms with Crippen LogP contribution >= 0.6 is 0 Å². The van der Waals surface area contributed by atoms with Gasteiger partial charge in [0.25, 0.3) is 0 Å². The van der Waals surface area contributed by atoms with Crippen molar-refractivity contribution in [3.63, 3.8) is 0 Å². The van der Waals surface area contributed by atoms with Crippen LogP contribution in [0, 0.1) is 18.3 Å². The van der Waals surface area contributed by atoms with Crippen molar-refractivity contribution in [1.29, 1.82) is 0 Å². The number of carbonyl (C=O) groups is 1. The highest BCUT2D eigenvalue weighted by Gasteiger charge is 2.46. The first kappa shape index (κ1) is 9.08. The largest absolute Gasteiger partial charge is 0.480 e. The molecular weight excluding hydrogens is 154 g/mol. The zero-order valence-electron chi connectivity index (χ0n) is 7.13. The van der Waals surface area contributed by atoms with Gasteiger partial charge in [0.05, 0.1) is 6.54 Å². The molecule has 1 saturated carbocycles. The monoisotopic (exact) mass is 167 g/mol. The number of terminal acetylenes is 1. The number of rotatable bonds is 4.